The molecule has 4 aliphatic rings. The second kappa shape index (κ2) is 10.3. The first-order chi connectivity index (χ1) is 19.7. The highest BCUT2D eigenvalue weighted by Gasteiger charge is 2.63. The van der Waals surface area contributed by atoms with Crippen molar-refractivity contribution in [3.05, 3.63) is 100 Å². The number of likely N-dealkylation sites (tertiary alicyclic amines) is 1. The van der Waals surface area contributed by atoms with E-state index in [0.29, 0.717) is 5.69 Å². The lowest BCUT2D eigenvalue weighted by atomic mass is 9.55. The van der Waals surface area contributed by atoms with Crippen molar-refractivity contribution in [1.82, 2.24) is 4.90 Å². The lowest BCUT2D eigenvalue weighted by Crippen LogP contribution is -2.47. The second-order valence-electron chi connectivity index (χ2n) is 11.9. The van der Waals surface area contributed by atoms with Crippen molar-refractivity contribution >= 4 is 29.4 Å². The molecule has 41 heavy (non-hydrogen) atoms. The second-order valence-corrected chi connectivity index (χ2v) is 11.9. The summed E-state index contributed by atoms with van der Waals surface area (Å²) in [6.45, 7) is 7.21. The van der Waals surface area contributed by atoms with E-state index in [9.17, 15) is 19.2 Å². The van der Waals surface area contributed by atoms with Gasteiger partial charge in [0.1, 0.15) is 6.04 Å². The Morgan fingerprint density at radius 2 is 1.34 bits per heavy atom. The van der Waals surface area contributed by atoms with Gasteiger partial charge >= 0.3 is 5.97 Å². The zero-order valence-electron chi connectivity index (χ0n) is 23.7. The molecule has 7 rings (SSSR count). The van der Waals surface area contributed by atoms with Crippen LogP contribution in [0, 0.1) is 31.6 Å². The molecule has 1 aliphatic heterocycles. The molecule has 3 aliphatic carbocycles. The summed E-state index contributed by atoms with van der Waals surface area (Å²) in [5, 5.41) is 2.78. The van der Waals surface area contributed by atoms with Crippen molar-refractivity contribution in [3.63, 3.8) is 0 Å². The number of hydrogen-bond acceptors (Lipinski definition) is 5. The van der Waals surface area contributed by atoms with Crippen molar-refractivity contribution in [2.45, 2.75) is 52.0 Å². The number of rotatable bonds is 7. The summed E-state index contributed by atoms with van der Waals surface area (Å²) in [4.78, 5) is 55.6. The summed E-state index contributed by atoms with van der Waals surface area (Å²) in [6, 6.07) is 20.6. The molecule has 1 N–H and O–H groups in total. The first-order valence-electron chi connectivity index (χ1n) is 14.3. The number of carbonyl (C=O) groups is 4. The van der Waals surface area contributed by atoms with Crippen LogP contribution in [0.25, 0.3) is 0 Å². The Bertz CT molecular complexity index is 1460. The monoisotopic (exact) mass is 550 g/mol. The summed E-state index contributed by atoms with van der Waals surface area (Å²) < 4.78 is 5.46. The average Bonchev–Trinajstić information content (AvgIpc) is 3.22. The molecule has 0 unspecified atom stereocenters. The predicted octanol–water partition coefficient (Wildman–Crippen LogP) is 5.09. The van der Waals surface area contributed by atoms with Gasteiger partial charge in [0.05, 0.1) is 11.8 Å². The number of hydrogen-bond donors (Lipinski definition) is 1. The highest BCUT2D eigenvalue weighted by Crippen LogP contribution is 2.61. The van der Waals surface area contributed by atoms with Gasteiger partial charge in [0.25, 0.3) is 5.91 Å². The molecule has 1 heterocycles. The van der Waals surface area contributed by atoms with Gasteiger partial charge in [0.15, 0.2) is 6.61 Å². The van der Waals surface area contributed by atoms with Crippen LogP contribution in [0.5, 0.6) is 0 Å². The van der Waals surface area contributed by atoms with Crippen LogP contribution in [0.1, 0.15) is 65.5 Å². The van der Waals surface area contributed by atoms with Crippen molar-refractivity contribution in [2.75, 3.05) is 11.9 Å². The van der Waals surface area contributed by atoms with E-state index >= 15 is 0 Å². The third-order valence-corrected chi connectivity index (χ3v) is 8.76. The maximum Gasteiger partial charge on any atom is 0.329 e. The number of anilines is 1. The Labute approximate surface area is 239 Å². The molecular weight excluding hydrogens is 516 g/mol. The third kappa shape index (κ3) is 4.44. The first kappa shape index (κ1) is 26.9. The van der Waals surface area contributed by atoms with Gasteiger partial charge in [-0.15, -0.1) is 0 Å². The van der Waals surface area contributed by atoms with E-state index < -0.39 is 36.4 Å². The van der Waals surface area contributed by atoms with E-state index in [1.165, 1.54) is 0 Å². The van der Waals surface area contributed by atoms with Crippen LogP contribution in [0.2, 0.25) is 0 Å². The fourth-order valence-electron chi connectivity index (χ4n) is 7.13. The summed E-state index contributed by atoms with van der Waals surface area (Å²) >= 11 is 0. The lowest BCUT2D eigenvalue weighted by Gasteiger charge is -2.45. The number of carbonyl (C=O) groups excluding carboxylic acids is 4. The maximum atomic E-state index is 14.1. The van der Waals surface area contributed by atoms with Gasteiger partial charge in [-0.25, -0.2) is 4.79 Å². The molecule has 7 heteroatoms. The van der Waals surface area contributed by atoms with Crippen LogP contribution >= 0.6 is 0 Å². The zero-order valence-corrected chi connectivity index (χ0v) is 23.7. The molecule has 1 saturated heterocycles. The summed E-state index contributed by atoms with van der Waals surface area (Å²) in [6.07, 6.45) is 0.254. The highest BCUT2D eigenvalue weighted by atomic mass is 16.5. The predicted molar refractivity (Wildman–Crippen MR) is 154 cm³/mol. The third-order valence-electron chi connectivity index (χ3n) is 8.76. The Hall–Kier alpha value is -4.26. The fourth-order valence-corrected chi connectivity index (χ4v) is 7.13. The van der Waals surface area contributed by atoms with Crippen molar-refractivity contribution in [2.24, 2.45) is 17.8 Å². The number of nitrogens with zero attached hydrogens (tertiary/aromatic N) is 1. The topological polar surface area (TPSA) is 92.8 Å². The normalized spacial score (nSPS) is 22.7. The van der Waals surface area contributed by atoms with Crippen LogP contribution in [0.15, 0.2) is 66.7 Å². The standard InChI is InChI=1S/C34H34N2O5/c1-18(2)15-26(34(40)41-17-27(37)35-25-14-13-19(3)16-20(25)4)36-32(38)30-28-21-9-5-6-10-22(21)29(31(30)33(36)39)24-12-8-7-11-23(24)28/h5-14,16,18,26,28-31H,15,17H2,1-4H3,(H,35,37)/t26-,28?,29?,30-,31+/m1/s1. The number of aryl methyl sites for hydroxylation is 2. The molecule has 3 amide bonds. The SMILES string of the molecule is Cc1ccc(NC(=O)COC(=O)[C@@H](CC(C)C)N2C(=O)[C@@H]3C4c5ccccc5C(c5ccccc54)[C@@H]3C2=O)c(C)c1. The Morgan fingerprint density at radius 1 is 0.829 bits per heavy atom. The quantitative estimate of drug-likeness (QED) is 0.327. The number of nitrogens with one attached hydrogen (secondary N) is 1. The number of imide groups is 1. The van der Waals surface area contributed by atoms with Gasteiger partial charge in [-0.2, -0.15) is 0 Å². The van der Waals surface area contributed by atoms with E-state index in [4.69, 9.17) is 4.74 Å². The van der Waals surface area contributed by atoms with Crippen LogP contribution < -0.4 is 5.32 Å². The summed E-state index contributed by atoms with van der Waals surface area (Å²) in [5.74, 6) is -3.53. The minimum atomic E-state index is -1.10. The first-order valence-corrected chi connectivity index (χ1v) is 14.3. The van der Waals surface area contributed by atoms with E-state index in [0.717, 1.165) is 38.3 Å². The summed E-state index contributed by atoms with van der Waals surface area (Å²) in [7, 11) is 0. The molecule has 0 radical (unpaired) electrons. The molecule has 3 atom stereocenters. The molecular formula is C34H34N2O5. The van der Waals surface area contributed by atoms with Gasteiger partial charge in [0, 0.05) is 17.5 Å². The highest BCUT2D eigenvalue weighted by molar-refractivity contribution is 6.10. The van der Waals surface area contributed by atoms with Gasteiger partial charge in [0.2, 0.25) is 11.8 Å². The van der Waals surface area contributed by atoms with Crippen molar-refractivity contribution < 1.29 is 23.9 Å². The zero-order chi connectivity index (χ0) is 29.0. The molecule has 0 spiro atoms. The Kier molecular flexibility index (Phi) is 6.76. The van der Waals surface area contributed by atoms with Crippen molar-refractivity contribution in [3.8, 4) is 0 Å². The molecule has 210 valence electrons. The van der Waals surface area contributed by atoms with E-state index in [1.54, 1.807) is 6.07 Å². The molecule has 1 fully saturated rings. The fraction of sp³-hybridized carbons (Fsp3) is 0.353. The van der Waals surface area contributed by atoms with Crippen LogP contribution in [-0.2, 0) is 23.9 Å². The number of benzene rings is 3. The largest absolute Gasteiger partial charge is 0.454 e. The van der Waals surface area contributed by atoms with Crippen LogP contribution in [0.4, 0.5) is 5.69 Å². The van der Waals surface area contributed by atoms with Gasteiger partial charge in [-0.3, -0.25) is 19.3 Å². The number of ether oxygens (including phenoxy) is 1. The average molecular weight is 551 g/mol. The van der Waals surface area contributed by atoms with E-state index in [-0.39, 0.29) is 36.0 Å². The van der Waals surface area contributed by atoms with Gasteiger partial charge in [-0.05, 0) is 60.1 Å². The summed E-state index contributed by atoms with van der Waals surface area (Å²) in [5.41, 5.74) is 6.91. The molecule has 2 bridgehead atoms. The molecule has 0 saturated carbocycles. The molecule has 7 nitrogen and oxygen atoms in total. The maximum absolute atomic E-state index is 14.1. The van der Waals surface area contributed by atoms with E-state index in [2.05, 4.69) is 5.32 Å². The smallest absolute Gasteiger partial charge is 0.329 e. The molecule has 3 aromatic carbocycles. The van der Waals surface area contributed by atoms with Crippen LogP contribution in [-0.4, -0.2) is 41.2 Å². The van der Waals surface area contributed by atoms with Crippen LogP contribution in [0.3, 0.4) is 0 Å². The number of esters is 1. The minimum Gasteiger partial charge on any atom is -0.454 e. The molecule has 0 aromatic heterocycles. The Morgan fingerprint density at radius 3 is 1.80 bits per heavy atom. The van der Waals surface area contributed by atoms with Gasteiger partial charge < -0.3 is 10.1 Å². The van der Waals surface area contributed by atoms with E-state index in [1.807, 2.05) is 88.4 Å². The van der Waals surface area contributed by atoms with Gasteiger partial charge in [-0.1, -0.05) is 80.1 Å². The molecule has 3 aromatic rings. The van der Waals surface area contributed by atoms with Crippen molar-refractivity contribution in [1.29, 1.82) is 0 Å². The Balaban J connectivity index is 1.26. The lowest BCUT2D eigenvalue weighted by molar-refractivity contribution is -0.160. The minimum absolute atomic E-state index is 0.00549. The number of amides is 3.